The summed E-state index contributed by atoms with van der Waals surface area (Å²) < 4.78 is 5.33. The van der Waals surface area contributed by atoms with E-state index in [0.29, 0.717) is 12.5 Å². The highest BCUT2D eigenvalue weighted by atomic mass is 32.1. The van der Waals surface area contributed by atoms with Gasteiger partial charge in [0.1, 0.15) is 6.61 Å². The second-order valence-electron chi connectivity index (χ2n) is 4.64. The molecule has 0 amide bonds. The lowest BCUT2D eigenvalue weighted by molar-refractivity contribution is -0.151. The third kappa shape index (κ3) is 3.54. The van der Waals surface area contributed by atoms with Crippen LogP contribution in [0.3, 0.4) is 0 Å². The molecule has 1 saturated carbocycles. The first-order valence-electron chi connectivity index (χ1n) is 6.18. The number of carbonyl (C=O) groups is 1. The highest BCUT2D eigenvalue weighted by Gasteiger charge is 2.26. The van der Waals surface area contributed by atoms with Gasteiger partial charge >= 0.3 is 5.97 Å². The fourth-order valence-corrected chi connectivity index (χ4v) is 2.90. The topological polar surface area (TPSA) is 52.3 Å². The Morgan fingerprint density at radius 1 is 1.41 bits per heavy atom. The molecule has 2 rings (SSSR count). The number of ether oxygens (including phenoxy) is 1. The van der Waals surface area contributed by atoms with Crippen molar-refractivity contribution in [1.82, 2.24) is 0 Å². The molecular formula is C13H19NO2S. The molecule has 1 heterocycles. The van der Waals surface area contributed by atoms with Crippen LogP contribution in [0.25, 0.3) is 0 Å². The molecule has 1 fully saturated rings. The van der Waals surface area contributed by atoms with Crippen LogP contribution in [0, 0.1) is 11.8 Å². The third-order valence-corrected chi connectivity index (χ3v) is 4.30. The summed E-state index contributed by atoms with van der Waals surface area (Å²) in [6, 6.07) is 3.96. The Morgan fingerprint density at radius 3 is 2.76 bits per heavy atom. The summed E-state index contributed by atoms with van der Waals surface area (Å²) in [5.41, 5.74) is 5.63. The molecule has 0 aromatic carbocycles. The van der Waals surface area contributed by atoms with Crippen LogP contribution in [-0.2, 0) is 16.1 Å². The summed E-state index contributed by atoms with van der Waals surface area (Å²) in [5, 5.41) is 2.00. The average Bonchev–Trinajstić information content (AvgIpc) is 2.89. The van der Waals surface area contributed by atoms with E-state index in [-0.39, 0.29) is 11.9 Å². The largest absolute Gasteiger partial charge is 0.460 e. The molecule has 17 heavy (non-hydrogen) atoms. The van der Waals surface area contributed by atoms with Gasteiger partial charge in [-0.1, -0.05) is 6.07 Å². The second kappa shape index (κ2) is 6.17. The van der Waals surface area contributed by atoms with Crippen molar-refractivity contribution in [3.8, 4) is 0 Å². The molecule has 1 aliphatic carbocycles. The van der Waals surface area contributed by atoms with E-state index in [4.69, 9.17) is 10.5 Å². The molecular weight excluding hydrogens is 234 g/mol. The minimum atomic E-state index is -0.0335. The predicted molar refractivity (Wildman–Crippen MR) is 68.6 cm³/mol. The minimum absolute atomic E-state index is 0.0335. The zero-order chi connectivity index (χ0) is 12.1. The number of hydrogen-bond acceptors (Lipinski definition) is 4. The quantitative estimate of drug-likeness (QED) is 0.839. The van der Waals surface area contributed by atoms with E-state index < -0.39 is 0 Å². The van der Waals surface area contributed by atoms with Gasteiger partial charge in [-0.3, -0.25) is 4.79 Å². The molecule has 0 unspecified atom stereocenters. The van der Waals surface area contributed by atoms with Crippen LogP contribution < -0.4 is 5.73 Å². The lowest BCUT2D eigenvalue weighted by Crippen LogP contribution is -2.26. The van der Waals surface area contributed by atoms with Gasteiger partial charge in [0, 0.05) is 4.88 Å². The van der Waals surface area contributed by atoms with Crippen molar-refractivity contribution in [2.24, 2.45) is 17.6 Å². The predicted octanol–water partition coefficient (Wildman–Crippen LogP) is 2.56. The van der Waals surface area contributed by atoms with Gasteiger partial charge in [-0.15, -0.1) is 11.3 Å². The fourth-order valence-electron chi connectivity index (χ4n) is 2.29. The number of hydrogen-bond donors (Lipinski definition) is 1. The normalized spacial score (nSPS) is 24.5. The highest BCUT2D eigenvalue weighted by Crippen LogP contribution is 2.29. The van der Waals surface area contributed by atoms with Crippen molar-refractivity contribution in [2.75, 3.05) is 6.54 Å². The molecule has 0 radical (unpaired) electrons. The van der Waals surface area contributed by atoms with Crippen LogP contribution in [-0.4, -0.2) is 12.5 Å². The molecule has 94 valence electrons. The van der Waals surface area contributed by atoms with Gasteiger partial charge in [0.25, 0.3) is 0 Å². The number of esters is 1. The SMILES string of the molecule is NCC1CCC(C(=O)OCc2cccs2)CC1. The Labute approximate surface area is 106 Å². The standard InChI is InChI=1S/C13H19NO2S/c14-8-10-3-5-11(6-4-10)13(15)16-9-12-2-1-7-17-12/h1-2,7,10-11H,3-6,8-9,14H2. The van der Waals surface area contributed by atoms with Gasteiger partial charge in [-0.05, 0) is 49.6 Å². The minimum Gasteiger partial charge on any atom is -0.460 e. The summed E-state index contributed by atoms with van der Waals surface area (Å²) in [5.74, 6) is 0.669. The van der Waals surface area contributed by atoms with Gasteiger partial charge in [-0.25, -0.2) is 0 Å². The van der Waals surface area contributed by atoms with Crippen molar-refractivity contribution in [3.63, 3.8) is 0 Å². The third-order valence-electron chi connectivity index (χ3n) is 3.45. The first-order valence-corrected chi connectivity index (χ1v) is 7.06. The van der Waals surface area contributed by atoms with E-state index in [1.54, 1.807) is 11.3 Å². The second-order valence-corrected chi connectivity index (χ2v) is 5.67. The monoisotopic (exact) mass is 253 g/mol. The molecule has 0 bridgehead atoms. The van der Waals surface area contributed by atoms with Gasteiger partial charge < -0.3 is 10.5 Å². The van der Waals surface area contributed by atoms with Crippen molar-refractivity contribution in [2.45, 2.75) is 32.3 Å². The van der Waals surface area contributed by atoms with E-state index in [1.807, 2.05) is 17.5 Å². The maximum Gasteiger partial charge on any atom is 0.309 e. The van der Waals surface area contributed by atoms with Crippen LogP contribution >= 0.6 is 11.3 Å². The summed E-state index contributed by atoms with van der Waals surface area (Å²) in [6.07, 6.45) is 4.00. The summed E-state index contributed by atoms with van der Waals surface area (Å²) in [4.78, 5) is 12.9. The van der Waals surface area contributed by atoms with Gasteiger partial charge in [0.05, 0.1) is 5.92 Å². The zero-order valence-corrected chi connectivity index (χ0v) is 10.7. The molecule has 3 nitrogen and oxygen atoms in total. The zero-order valence-electron chi connectivity index (χ0n) is 9.93. The maximum atomic E-state index is 11.8. The van der Waals surface area contributed by atoms with E-state index in [1.165, 1.54) is 0 Å². The van der Waals surface area contributed by atoms with Crippen molar-refractivity contribution < 1.29 is 9.53 Å². The molecule has 1 aromatic rings. The molecule has 0 spiro atoms. The Balaban J connectivity index is 1.73. The summed E-state index contributed by atoms with van der Waals surface area (Å²) in [7, 11) is 0. The highest BCUT2D eigenvalue weighted by molar-refractivity contribution is 7.09. The van der Waals surface area contributed by atoms with Crippen molar-refractivity contribution >= 4 is 17.3 Å². The fraction of sp³-hybridized carbons (Fsp3) is 0.615. The van der Waals surface area contributed by atoms with Gasteiger partial charge in [0.2, 0.25) is 0 Å². The van der Waals surface area contributed by atoms with Gasteiger partial charge in [-0.2, -0.15) is 0 Å². The molecule has 4 heteroatoms. The van der Waals surface area contributed by atoms with Crippen molar-refractivity contribution in [3.05, 3.63) is 22.4 Å². The Bertz CT molecular complexity index is 342. The molecule has 0 aliphatic heterocycles. The van der Waals surface area contributed by atoms with Gasteiger partial charge in [0.15, 0.2) is 0 Å². The molecule has 1 aromatic heterocycles. The van der Waals surface area contributed by atoms with Crippen LogP contribution in [0.2, 0.25) is 0 Å². The summed E-state index contributed by atoms with van der Waals surface area (Å²) >= 11 is 1.62. The molecule has 0 saturated heterocycles. The number of thiophene rings is 1. The molecule has 0 atom stereocenters. The number of nitrogens with two attached hydrogens (primary N) is 1. The lowest BCUT2D eigenvalue weighted by Gasteiger charge is -2.26. The smallest absolute Gasteiger partial charge is 0.309 e. The first kappa shape index (κ1) is 12.6. The average molecular weight is 253 g/mol. The number of carbonyl (C=O) groups excluding carboxylic acids is 1. The van der Waals surface area contributed by atoms with Crippen LogP contribution in [0.15, 0.2) is 17.5 Å². The van der Waals surface area contributed by atoms with E-state index >= 15 is 0 Å². The van der Waals surface area contributed by atoms with Crippen LogP contribution in [0.5, 0.6) is 0 Å². The van der Waals surface area contributed by atoms with Crippen LogP contribution in [0.4, 0.5) is 0 Å². The number of rotatable bonds is 4. The van der Waals surface area contributed by atoms with E-state index in [9.17, 15) is 4.79 Å². The Kier molecular flexibility index (Phi) is 4.57. The molecule has 2 N–H and O–H groups in total. The Morgan fingerprint density at radius 2 is 2.18 bits per heavy atom. The summed E-state index contributed by atoms with van der Waals surface area (Å²) in [6.45, 7) is 1.17. The van der Waals surface area contributed by atoms with Crippen molar-refractivity contribution in [1.29, 1.82) is 0 Å². The maximum absolute atomic E-state index is 11.8. The first-order chi connectivity index (χ1) is 8.29. The van der Waals surface area contributed by atoms with Crippen LogP contribution in [0.1, 0.15) is 30.6 Å². The molecule has 1 aliphatic rings. The van der Waals surface area contributed by atoms with E-state index in [0.717, 1.165) is 37.1 Å². The lowest BCUT2D eigenvalue weighted by atomic mass is 9.82. The van der Waals surface area contributed by atoms with E-state index in [2.05, 4.69) is 0 Å². The Hall–Kier alpha value is -0.870.